The zero-order valence-electron chi connectivity index (χ0n) is 18.8. The third-order valence-corrected chi connectivity index (χ3v) is 9.58. The molecule has 0 unspecified atom stereocenters. The van der Waals surface area contributed by atoms with Crippen LogP contribution in [0.4, 0.5) is 0 Å². The summed E-state index contributed by atoms with van der Waals surface area (Å²) < 4.78 is 0. The second-order valence-electron chi connectivity index (χ2n) is 10.9. The maximum Gasteiger partial charge on any atom is 0.141 e. The van der Waals surface area contributed by atoms with Crippen molar-refractivity contribution in [1.82, 2.24) is 5.32 Å². The van der Waals surface area contributed by atoms with Gasteiger partial charge in [0, 0.05) is 30.7 Å². The van der Waals surface area contributed by atoms with Crippen molar-refractivity contribution in [2.75, 3.05) is 20.2 Å². The van der Waals surface area contributed by atoms with Gasteiger partial charge in [-0.15, -0.1) is 0 Å². The maximum atomic E-state index is 12.7. The second-order valence-corrected chi connectivity index (χ2v) is 10.9. The third kappa shape index (κ3) is 3.12. The summed E-state index contributed by atoms with van der Waals surface area (Å²) in [7, 11) is 1.66. The van der Waals surface area contributed by atoms with Gasteiger partial charge in [0.25, 0.3) is 0 Å². The molecule has 1 saturated heterocycles. The second kappa shape index (κ2) is 7.61. The molecular formula is C24H37N3O3. The Kier molecular flexibility index (Phi) is 5.19. The highest BCUT2D eigenvalue weighted by Crippen LogP contribution is 2.64. The Labute approximate surface area is 180 Å². The highest BCUT2D eigenvalue weighted by molar-refractivity contribution is 5.96. The number of nitrogens with one attached hydrogen (secondary N) is 1. The number of oxime groups is 2. The molecular weight excluding hydrogens is 378 g/mol. The van der Waals surface area contributed by atoms with Crippen molar-refractivity contribution >= 4 is 17.2 Å². The molecule has 0 amide bonds. The highest BCUT2D eigenvalue weighted by atomic mass is 16.6. The molecule has 1 aliphatic heterocycles. The molecule has 1 N–H and O–H groups in total. The molecule has 4 aliphatic carbocycles. The summed E-state index contributed by atoms with van der Waals surface area (Å²) in [6, 6.07) is 0. The van der Waals surface area contributed by atoms with Crippen LogP contribution in [0.15, 0.2) is 10.3 Å². The highest BCUT2D eigenvalue weighted by Gasteiger charge is 2.61. The summed E-state index contributed by atoms with van der Waals surface area (Å²) in [5, 5.41) is 12.5. The van der Waals surface area contributed by atoms with E-state index >= 15 is 0 Å². The molecule has 0 aromatic carbocycles. The van der Waals surface area contributed by atoms with Gasteiger partial charge in [0.15, 0.2) is 0 Å². The van der Waals surface area contributed by atoms with Crippen LogP contribution < -0.4 is 5.32 Å². The molecule has 0 aromatic heterocycles. The van der Waals surface area contributed by atoms with Crippen molar-refractivity contribution in [2.45, 2.75) is 77.7 Å². The molecule has 166 valence electrons. The monoisotopic (exact) mass is 415 g/mol. The fourth-order valence-corrected chi connectivity index (χ4v) is 7.81. The van der Waals surface area contributed by atoms with Crippen molar-refractivity contribution in [1.29, 1.82) is 0 Å². The maximum absolute atomic E-state index is 12.7. The molecule has 1 heterocycles. The van der Waals surface area contributed by atoms with E-state index in [-0.39, 0.29) is 16.9 Å². The van der Waals surface area contributed by atoms with Crippen LogP contribution in [-0.2, 0) is 14.5 Å². The van der Waals surface area contributed by atoms with Gasteiger partial charge in [-0.25, -0.2) is 0 Å². The Morgan fingerprint density at radius 2 is 1.90 bits per heavy atom. The van der Waals surface area contributed by atoms with Gasteiger partial charge in [-0.2, -0.15) is 0 Å². The minimum absolute atomic E-state index is 0.104. The lowest BCUT2D eigenvalue weighted by Gasteiger charge is -2.59. The van der Waals surface area contributed by atoms with Crippen molar-refractivity contribution in [2.24, 2.45) is 44.8 Å². The number of Topliss-reactive ketones (excluding diaryl/α,β-unsaturated/α-hetero) is 1. The average Bonchev–Trinajstić information content (AvgIpc) is 3.35. The SMILES string of the molecule is CO/N=C1\C[C@@H]2[C@H](CC[C@]3(C)C(=O)CC[C@@H]23)[C@@]2(C)CC/C(=N\O[C@@H]3CCNC3)C[C@H]12. The Morgan fingerprint density at radius 3 is 2.67 bits per heavy atom. The van der Waals surface area contributed by atoms with Crippen LogP contribution in [0.5, 0.6) is 0 Å². The molecule has 0 radical (unpaired) electrons. The summed E-state index contributed by atoms with van der Waals surface area (Å²) in [6.07, 6.45) is 9.38. The fraction of sp³-hybridized carbons (Fsp3) is 0.875. The molecule has 5 rings (SSSR count). The Hall–Kier alpha value is -1.43. The number of fused-ring (bicyclic) bond motifs is 5. The predicted molar refractivity (Wildman–Crippen MR) is 116 cm³/mol. The van der Waals surface area contributed by atoms with E-state index in [1.165, 1.54) is 17.8 Å². The summed E-state index contributed by atoms with van der Waals surface area (Å²) in [5.74, 6) is 2.61. The van der Waals surface area contributed by atoms with E-state index in [9.17, 15) is 4.79 Å². The lowest BCUT2D eigenvalue weighted by molar-refractivity contribution is -0.133. The molecule has 5 aliphatic rings. The summed E-state index contributed by atoms with van der Waals surface area (Å²) in [5.41, 5.74) is 2.48. The van der Waals surface area contributed by atoms with Gasteiger partial charge in [-0.3, -0.25) is 4.79 Å². The van der Waals surface area contributed by atoms with Crippen molar-refractivity contribution in [3.8, 4) is 0 Å². The summed E-state index contributed by atoms with van der Waals surface area (Å²) in [6.45, 7) is 6.65. The normalized spacial score (nSPS) is 48.4. The molecule has 0 bridgehead atoms. The van der Waals surface area contributed by atoms with Gasteiger partial charge in [0.05, 0.1) is 11.4 Å². The first-order valence-electron chi connectivity index (χ1n) is 12.0. The average molecular weight is 416 g/mol. The van der Waals surface area contributed by atoms with E-state index in [2.05, 4.69) is 29.5 Å². The minimum atomic E-state index is -0.104. The molecule has 7 atom stereocenters. The standard InChI is InChI=1S/C24H37N3O3/c1-23-9-6-15(26-30-16-8-11-25-14-16)12-20(23)21(27-29-3)13-17-18-4-5-22(28)24(18,2)10-7-19(17)23/h16-20,25H,4-14H2,1-3H3/b26-15+,27-21+/t16-,17+,18+,19+,20-,23-,24+/m1/s1. The van der Waals surface area contributed by atoms with Gasteiger partial charge in [-0.1, -0.05) is 24.2 Å². The van der Waals surface area contributed by atoms with Crippen molar-refractivity contribution < 1.29 is 14.5 Å². The fourth-order valence-electron chi connectivity index (χ4n) is 7.81. The molecule has 4 saturated carbocycles. The predicted octanol–water partition coefficient (Wildman–Crippen LogP) is 3.95. The molecule has 6 heteroatoms. The number of hydrogen-bond acceptors (Lipinski definition) is 6. The van der Waals surface area contributed by atoms with Crippen LogP contribution in [0.25, 0.3) is 0 Å². The summed E-state index contributed by atoms with van der Waals surface area (Å²) in [4.78, 5) is 23.9. The quantitative estimate of drug-likeness (QED) is 0.709. The number of ketones is 1. The number of carbonyl (C=O) groups is 1. The Morgan fingerprint density at radius 1 is 1.03 bits per heavy atom. The lowest BCUT2D eigenvalue weighted by atomic mass is 9.45. The zero-order chi connectivity index (χ0) is 20.9. The van der Waals surface area contributed by atoms with Crippen LogP contribution in [0.2, 0.25) is 0 Å². The molecule has 0 spiro atoms. The van der Waals surface area contributed by atoms with Gasteiger partial charge in [-0.05, 0) is 74.7 Å². The third-order valence-electron chi connectivity index (χ3n) is 9.58. The first-order chi connectivity index (χ1) is 14.5. The van der Waals surface area contributed by atoms with E-state index in [1.54, 1.807) is 7.11 Å². The topological polar surface area (TPSA) is 72.3 Å². The van der Waals surface area contributed by atoms with Gasteiger partial charge in [0.1, 0.15) is 19.0 Å². The summed E-state index contributed by atoms with van der Waals surface area (Å²) >= 11 is 0. The van der Waals surface area contributed by atoms with Crippen LogP contribution in [-0.4, -0.2) is 43.5 Å². The molecule has 5 fully saturated rings. The van der Waals surface area contributed by atoms with E-state index < -0.39 is 0 Å². The number of rotatable bonds is 3. The van der Waals surface area contributed by atoms with E-state index in [4.69, 9.17) is 9.68 Å². The van der Waals surface area contributed by atoms with Crippen LogP contribution in [0.3, 0.4) is 0 Å². The lowest BCUT2D eigenvalue weighted by Crippen LogP contribution is -2.56. The van der Waals surface area contributed by atoms with E-state index in [0.717, 1.165) is 64.5 Å². The van der Waals surface area contributed by atoms with Crippen LogP contribution in [0, 0.1) is 34.5 Å². The number of hydrogen-bond donors (Lipinski definition) is 1. The molecule has 30 heavy (non-hydrogen) atoms. The van der Waals surface area contributed by atoms with Gasteiger partial charge >= 0.3 is 0 Å². The Balaban J connectivity index is 1.40. The first kappa shape index (κ1) is 20.5. The van der Waals surface area contributed by atoms with Gasteiger partial charge < -0.3 is 15.0 Å². The van der Waals surface area contributed by atoms with Crippen molar-refractivity contribution in [3.63, 3.8) is 0 Å². The smallest absolute Gasteiger partial charge is 0.141 e. The van der Waals surface area contributed by atoms with Crippen LogP contribution >= 0.6 is 0 Å². The molecule has 0 aromatic rings. The van der Waals surface area contributed by atoms with Gasteiger partial charge in [0.2, 0.25) is 0 Å². The zero-order valence-corrected chi connectivity index (χ0v) is 18.8. The minimum Gasteiger partial charge on any atom is -0.399 e. The van der Waals surface area contributed by atoms with Crippen molar-refractivity contribution in [3.05, 3.63) is 0 Å². The first-order valence-corrected chi connectivity index (χ1v) is 12.0. The number of carbonyl (C=O) groups excluding carboxylic acids is 1. The number of nitrogens with zero attached hydrogens (tertiary/aromatic N) is 2. The Bertz CT molecular complexity index is 759. The largest absolute Gasteiger partial charge is 0.399 e. The van der Waals surface area contributed by atoms with E-state index in [0.29, 0.717) is 29.5 Å². The van der Waals surface area contributed by atoms with Crippen LogP contribution in [0.1, 0.15) is 71.6 Å². The van der Waals surface area contributed by atoms with E-state index in [1.807, 2.05) is 0 Å². The molecule has 6 nitrogen and oxygen atoms in total.